The summed E-state index contributed by atoms with van der Waals surface area (Å²) in [5.74, 6) is 0.134. The van der Waals surface area contributed by atoms with Gasteiger partial charge in [-0.25, -0.2) is 4.98 Å². The molecular weight excluding hydrogens is 326 g/mol. The number of hydrogen-bond acceptors (Lipinski definition) is 6. The molecule has 0 atom stereocenters. The van der Waals surface area contributed by atoms with Crippen molar-refractivity contribution in [3.63, 3.8) is 0 Å². The summed E-state index contributed by atoms with van der Waals surface area (Å²) in [7, 11) is 0. The molecule has 0 bridgehead atoms. The van der Waals surface area contributed by atoms with E-state index in [1.54, 1.807) is 0 Å². The van der Waals surface area contributed by atoms with Crippen LogP contribution in [0.25, 0.3) is 0 Å². The average Bonchev–Trinajstić information content (AvgIpc) is 3.05. The molecule has 2 heterocycles. The van der Waals surface area contributed by atoms with Crippen LogP contribution in [-0.4, -0.2) is 83.9 Å². The van der Waals surface area contributed by atoms with Crippen molar-refractivity contribution in [1.29, 1.82) is 0 Å². The predicted octanol–water partition coefficient (Wildman–Crippen LogP) is 0.271. The van der Waals surface area contributed by atoms with Gasteiger partial charge < -0.3 is 15.5 Å². The quantitative estimate of drug-likeness (QED) is 0.761. The summed E-state index contributed by atoms with van der Waals surface area (Å²) in [5, 5.41) is 2.72. The van der Waals surface area contributed by atoms with Gasteiger partial charge in [0.1, 0.15) is 5.69 Å². The molecule has 0 aromatic carbocycles. The molecule has 2 amide bonds. The fraction of sp³-hybridized carbons (Fsp3) is 0.688. The molecule has 1 aromatic heterocycles. The van der Waals surface area contributed by atoms with Gasteiger partial charge in [-0.2, -0.15) is 0 Å². The van der Waals surface area contributed by atoms with Gasteiger partial charge >= 0.3 is 0 Å². The Balaban J connectivity index is 1.83. The standard InChI is InChI=1S/C16H27N5O2S/c1-3-20(4-2)15(22)11-19-7-9-21(10-8-19)16(23)13-12-24-14(18-13)5-6-17/h12H,3-11,17H2,1-2H3. The van der Waals surface area contributed by atoms with E-state index in [9.17, 15) is 9.59 Å². The number of piperazine rings is 1. The number of nitrogens with two attached hydrogens (primary N) is 1. The first kappa shape index (κ1) is 18.8. The van der Waals surface area contributed by atoms with Crippen molar-refractivity contribution in [2.45, 2.75) is 20.3 Å². The highest BCUT2D eigenvalue weighted by atomic mass is 32.1. The zero-order chi connectivity index (χ0) is 17.5. The molecule has 1 aliphatic heterocycles. The zero-order valence-corrected chi connectivity index (χ0v) is 15.3. The first-order chi connectivity index (χ1) is 11.6. The molecule has 0 radical (unpaired) electrons. The first-order valence-electron chi connectivity index (χ1n) is 8.52. The molecule has 1 aromatic rings. The van der Waals surface area contributed by atoms with Crippen LogP contribution >= 0.6 is 11.3 Å². The number of amides is 2. The van der Waals surface area contributed by atoms with E-state index in [-0.39, 0.29) is 11.8 Å². The average molecular weight is 353 g/mol. The lowest BCUT2D eigenvalue weighted by Crippen LogP contribution is -2.51. The second-order valence-corrected chi connectivity index (χ2v) is 6.74. The third-order valence-corrected chi connectivity index (χ3v) is 5.17. The van der Waals surface area contributed by atoms with Gasteiger partial charge in [0.05, 0.1) is 11.6 Å². The van der Waals surface area contributed by atoms with Gasteiger partial charge in [-0.05, 0) is 20.4 Å². The number of nitrogens with zero attached hydrogens (tertiary/aromatic N) is 4. The summed E-state index contributed by atoms with van der Waals surface area (Å²) in [4.78, 5) is 34.8. The third-order valence-electron chi connectivity index (χ3n) is 4.26. The number of carbonyl (C=O) groups excluding carboxylic acids is 2. The molecule has 0 saturated carbocycles. The highest BCUT2D eigenvalue weighted by molar-refractivity contribution is 7.09. The minimum Gasteiger partial charge on any atom is -0.342 e. The minimum absolute atomic E-state index is 0.0239. The van der Waals surface area contributed by atoms with Crippen LogP contribution in [0.3, 0.4) is 0 Å². The Bertz CT molecular complexity index is 550. The second-order valence-electron chi connectivity index (χ2n) is 5.80. The highest BCUT2D eigenvalue weighted by Gasteiger charge is 2.25. The van der Waals surface area contributed by atoms with Crippen molar-refractivity contribution >= 4 is 23.2 Å². The maximum Gasteiger partial charge on any atom is 0.273 e. The number of thiazole rings is 1. The van der Waals surface area contributed by atoms with Gasteiger partial charge in [0.2, 0.25) is 5.91 Å². The van der Waals surface area contributed by atoms with Crippen LogP contribution in [0.4, 0.5) is 0 Å². The van der Waals surface area contributed by atoms with Crippen LogP contribution in [0.1, 0.15) is 29.3 Å². The van der Waals surface area contributed by atoms with Crippen LogP contribution in [0, 0.1) is 0 Å². The van der Waals surface area contributed by atoms with Crippen molar-refractivity contribution in [2.24, 2.45) is 5.73 Å². The van der Waals surface area contributed by atoms with E-state index in [2.05, 4.69) is 9.88 Å². The number of hydrogen-bond donors (Lipinski definition) is 1. The topological polar surface area (TPSA) is 82.8 Å². The lowest BCUT2D eigenvalue weighted by Gasteiger charge is -2.34. The van der Waals surface area contributed by atoms with E-state index in [1.165, 1.54) is 11.3 Å². The molecule has 1 aliphatic rings. The maximum atomic E-state index is 12.5. The van der Waals surface area contributed by atoms with Crippen molar-refractivity contribution in [2.75, 3.05) is 52.4 Å². The van der Waals surface area contributed by atoms with Gasteiger partial charge in [0.25, 0.3) is 5.91 Å². The van der Waals surface area contributed by atoms with E-state index < -0.39 is 0 Å². The largest absolute Gasteiger partial charge is 0.342 e. The van der Waals surface area contributed by atoms with Gasteiger partial charge in [0.15, 0.2) is 0 Å². The number of likely N-dealkylation sites (N-methyl/N-ethyl adjacent to an activating group) is 1. The zero-order valence-electron chi connectivity index (χ0n) is 14.5. The lowest BCUT2D eigenvalue weighted by molar-refractivity contribution is -0.132. The Morgan fingerprint density at radius 1 is 1.25 bits per heavy atom. The molecule has 0 unspecified atom stereocenters. The summed E-state index contributed by atoms with van der Waals surface area (Å²) < 4.78 is 0. The molecular formula is C16H27N5O2S. The van der Waals surface area contributed by atoms with E-state index in [4.69, 9.17) is 5.73 Å². The van der Waals surface area contributed by atoms with Crippen LogP contribution < -0.4 is 5.73 Å². The van der Waals surface area contributed by atoms with Crippen molar-refractivity contribution < 1.29 is 9.59 Å². The van der Waals surface area contributed by atoms with Crippen LogP contribution in [0.5, 0.6) is 0 Å². The Labute approximate surface area is 147 Å². The maximum absolute atomic E-state index is 12.5. The van der Waals surface area contributed by atoms with Crippen LogP contribution in [0.2, 0.25) is 0 Å². The van der Waals surface area contributed by atoms with Crippen molar-refractivity contribution in [3.05, 3.63) is 16.1 Å². The number of aromatic nitrogens is 1. The molecule has 7 nitrogen and oxygen atoms in total. The van der Waals surface area contributed by atoms with E-state index >= 15 is 0 Å². The molecule has 2 rings (SSSR count). The smallest absolute Gasteiger partial charge is 0.273 e. The molecule has 0 spiro atoms. The number of rotatable bonds is 7. The normalized spacial score (nSPS) is 15.5. The van der Waals surface area contributed by atoms with Crippen molar-refractivity contribution in [1.82, 2.24) is 19.7 Å². The van der Waals surface area contributed by atoms with E-state index in [0.717, 1.165) is 31.2 Å². The lowest BCUT2D eigenvalue weighted by atomic mass is 10.2. The molecule has 0 aliphatic carbocycles. The molecule has 24 heavy (non-hydrogen) atoms. The summed E-state index contributed by atoms with van der Waals surface area (Å²) in [6.45, 7) is 9.14. The fourth-order valence-electron chi connectivity index (χ4n) is 2.79. The third kappa shape index (κ3) is 4.75. The molecule has 1 saturated heterocycles. The molecule has 1 fully saturated rings. The van der Waals surface area contributed by atoms with E-state index in [1.807, 2.05) is 29.0 Å². The van der Waals surface area contributed by atoms with Gasteiger partial charge in [-0.3, -0.25) is 14.5 Å². The summed E-state index contributed by atoms with van der Waals surface area (Å²) in [6.07, 6.45) is 0.708. The Kier molecular flexibility index (Phi) is 7.14. The minimum atomic E-state index is -0.0239. The van der Waals surface area contributed by atoms with E-state index in [0.29, 0.717) is 38.3 Å². The summed E-state index contributed by atoms with van der Waals surface area (Å²) >= 11 is 1.48. The van der Waals surface area contributed by atoms with Gasteiger partial charge in [0, 0.05) is 51.1 Å². The predicted molar refractivity (Wildman–Crippen MR) is 95.1 cm³/mol. The Morgan fingerprint density at radius 3 is 2.50 bits per heavy atom. The Hall–Kier alpha value is -1.51. The van der Waals surface area contributed by atoms with Gasteiger partial charge in [-0.1, -0.05) is 0 Å². The summed E-state index contributed by atoms with van der Waals surface area (Å²) in [5.41, 5.74) is 6.03. The number of carbonyl (C=O) groups is 2. The van der Waals surface area contributed by atoms with Gasteiger partial charge in [-0.15, -0.1) is 11.3 Å². The van der Waals surface area contributed by atoms with Crippen LogP contribution in [0.15, 0.2) is 5.38 Å². The monoisotopic (exact) mass is 353 g/mol. The SMILES string of the molecule is CCN(CC)C(=O)CN1CCN(C(=O)c2csc(CCN)n2)CC1. The molecule has 134 valence electrons. The summed E-state index contributed by atoms with van der Waals surface area (Å²) in [6, 6.07) is 0. The first-order valence-corrected chi connectivity index (χ1v) is 9.40. The highest BCUT2D eigenvalue weighted by Crippen LogP contribution is 2.14. The van der Waals surface area contributed by atoms with Crippen LogP contribution in [-0.2, 0) is 11.2 Å². The fourth-order valence-corrected chi connectivity index (χ4v) is 3.57. The van der Waals surface area contributed by atoms with Crippen molar-refractivity contribution in [3.8, 4) is 0 Å². The molecule has 8 heteroatoms. The second kappa shape index (κ2) is 9.10. The molecule has 2 N–H and O–H groups in total. The Morgan fingerprint density at radius 2 is 1.92 bits per heavy atom.